The van der Waals surface area contributed by atoms with Crippen LogP contribution in [-0.2, 0) is 0 Å². The van der Waals surface area contributed by atoms with E-state index in [0.29, 0.717) is 6.54 Å². The third kappa shape index (κ3) is 3.39. The highest BCUT2D eigenvalue weighted by molar-refractivity contribution is 7.99. The number of likely N-dealkylation sites (tertiary alicyclic amines) is 1. The van der Waals surface area contributed by atoms with Gasteiger partial charge in [0.1, 0.15) is 12.2 Å². The van der Waals surface area contributed by atoms with Crippen LogP contribution < -0.4 is 5.32 Å². The van der Waals surface area contributed by atoms with Crippen LogP contribution in [0.3, 0.4) is 0 Å². The maximum Gasteiger partial charge on any atom is 0.318 e. The monoisotopic (exact) mass is 371 g/mol. The van der Waals surface area contributed by atoms with Crippen LogP contribution in [0.4, 0.5) is 4.79 Å². The number of urea groups is 1. The molecule has 0 spiro atoms. The van der Waals surface area contributed by atoms with Crippen LogP contribution in [0.15, 0.2) is 29.7 Å². The summed E-state index contributed by atoms with van der Waals surface area (Å²) >= 11 is 1.53. The standard InChI is InChI=1S/C17H21N7OS/c1-11-4-2-5-12-14(11)22-15(21-12)13-6-3-8-24(13)17(25)18-7-9-26-16-19-10-20-23-16/h2,4-5,10,13H,3,6-9H2,1H3,(H,18,25)(H,21,22)(H,19,20,23). The summed E-state index contributed by atoms with van der Waals surface area (Å²) < 4.78 is 0. The van der Waals surface area contributed by atoms with Crippen molar-refractivity contribution in [3.05, 3.63) is 35.9 Å². The van der Waals surface area contributed by atoms with Crippen molar-refractivity contribution in [1.82, 2.24) is 35.4 Å². The van der Waals surface area contributed by atoms with Gasteiger partial charge in [0, 0.05) is 18.8 Å². The Morgan fingerprint density at radius 3 is 3.19 bits per heavy atom. The molecule has 3 N–H and O–H groups in total. The van der Waals surface area contributed by atoms with Crippen molar-refractivity contribution in [2.45, 2.75) is 31.0 Å². The van der Waals surface area contributed by atoms with Gasteiger partial charge in [-0.2, -0.15) is 5.10 Å². The Morgan fingerprint density at radius 2 is 2.38 bits per heavy atom. The number of rotatable bonds is 5. The second-order valence-corrected chi connectivity index (χ2v) is 7.40. The van der Waals surface area contributed by atoms with Crippen molar-refractivity contribution < 1.29 is 4.79 Å². The first-order chi connectivity index (χ1) is 12.7. The van der Waals surface area contributed by atoms with E-state index in [0.717, 1.165) is 52.7 Å². The molecule has 0 radical (unpaired) electrons. The molecular weight excluding hydrogens is 350 g/mol. The average Bonchev–Trinajstić information content (AvgIpc) is 3.38. The lowest BCUT2D eigenvalue weighted by molar-refractivity contribution is 0.192. The van der Waals surface area contributed by atoms with E-state index in [2.05, 4.69) is 38.5 Å². The number of hydrogen-bond donors (Lipinski definition) is 3. The van der Waals surface area contributed by atoms with Crippen molar-refractivity contribution in [1.29, 1.82) is 0 Å². The summed E-state index contributed by atoms with van der Waals surface area (Å²) in [6.45, 7) is 3.38. The van der Waals surface area contributed by atoms with Crippen LogP contribution in [0.25, 0.3) is 11.0 Å². The molecule has 1 fully saturated rings. The van der Waals surface area contributed by atoms with Crippen molar-refractivity contribution in [2.24, 2.45) is 0 Å². The van der Waals surface area contributed by atoms with Gasteiger partial charge in [-0.1, -0.05) is 23.9 Å². The number of nitrogens with one attached hydrogen (secondary N) is 3. The molecule has 0 saturated carbocycles. The zero-order chi connectivity index (χ0) is 17.9. The van der Waals surface area contributed by atoms with E-state index in [1.54, 1.807) is 0 Å². The SMILES string of the molecule is Cc1cccc2[nH]c(C3CCCN3C(=O)NCCSc3ncn[nH]3)nc12. The zero-order valence-corrected chi connectivity index (χ0v) is 15.3. The second kappa shape index (κ2) is 7.36. The lowest BCUT2D eigenvalue weighted by Crippen LogP contribution is -2.40. The Balaban J connectivity index is 1.39. The molecule has 1 aliphatic heterocycles. The molecule has 0 bridgehead atoms. The van der Waals surface area contributed by atoms with E-state index in [1.807, 2.05) is 17.0 Å². The van der Waals surface area contributed by atoms with Gasteiger partial charge in [0.25, 0.3) is 0 Å². The molecule has 1 aliphatic rings. The first kappa shape index (κ1) is 16.9. The van der Waals surface area contributed by atoms with Crippen LogP contribution >= 0.6 is 11.8 Å². The maximum atomic E-state index is 12.6. The summed E-state index contributed by atoms with van der Waals surface area (Å²) in [6, 6.07) is 6.06. The predicted molar refractivity (Wildman–Crippen MR) is 100 cm³/mol. The molecule has 3 aromatic rings. The fraction of sp³-hybridized carbons (Fsp3) is 0.412. The Kier molecular flexibility index (Phi) is 4.79. The predicted octanol–water partition coefficient (Wildman–Crippen LogP) is 2.63. The van der Waals surface area contributed by atoms with Gasteiger partial charge in [-0.25, -0.2) is 14.8 Å². The smallest absolute Gasteiger partial charge is 0.318 e. The number of carbonyl (C=O) groups is 1. The minimum Gasteiger partial charge on any atom is -0.340 e. The molecule has 1 aromatic carbocycles. The molecule has 4 rings (SSSR count). The van der Waals surface area contributed by atoms with Crippen LogP contribution in [0.1, 0.15) is 30.3 Å². The lowest BCUT2D eigenvalue weighted by atomic mass is 10.2. The largest absolute Gasteiger partial charge is 0.340 e. The Bertz CT molecular complexity index is 892. The van der Waals surface area contributed by atoms with Crippen LogP contribution in [-0.4, -0.2) is 54.9 Å². The highest BCUT2D eigenvalue weighted by Gasteiger charge is 2.32. The molecule has 1 unspecified atom stereocenters. The summed E-state index contributed by atoms with van der Waals surface area (Å²) in [5.74, 6) is 1.61. The number of para-hydroxylation sites is 1. The zero-order valence-electron chi connectivity index (χ0n) is 14.5. The number of aromatic amines is 2. The molecule has 26 heavy (non-hydrogen) atoms. The lowest BCUT2D eigenvalue weighted by Gasteiger charge is -2.23. The second-order valence-electron chi connectivity index (χ2n) is 6.32. The fourth-order valence-corrected chi connectivity index (χ4v) is 3.95. The maximum absolute atomic E-state index is 12.6. The first-order valence-corrected chi connectivity index (χ1v) is 9.69. The van der Waals surface area contributed by atoms with Crippen molar-refractivity contribution in [3.8, 4) is 0 Å². The molecule has 1 atom stereocenters. The number of aryl methyl sites for hydroxylation is 1. The Labute approximate surface area is 155 Å². The molecule has 2 amide bonds. The van der Waals surface area contributed by atoms with Crippen LogP contribution in [0, 0.1) is 6.92 Å². The van der Waals surface area contributed by atoms with E-state index in [-0.39, 0.29) is 12.1 Å². The van der Waals surface area contributed by atoms with E-state index < -0.39 is 0 Å². The van der Waals surface area contributed by atoms with Gasteiger partial charge in [0.15, 0.2) is 5.16 Å². The fourth-order valence-electron chi connectivity index (χ4n) is 3.32. The molecule has 0 aliphatic carbocycles. The van der Waals surface area contributed by atoms with Gasteiger partial charge >= 0.3 is 6.03 Å². The third-order valence-corrected chi connectivity index (χ3v) is 5.45. The van der Waals surface area contributed by atoms with Crippen LogP contribution in [0.5, 0.6) is 0 Å². The van der Waals surface area contributed by atoms with E-state index in [4.69, 9.17) is 4.98 Å². The quantitative estimate of drug-likeness (QED) is 0.473. The molecule has 1 saturated heterocycles. The Morgan fingerprint density at radius 1 is 1.46 bits per heavy atom. The van der Waals surface area contributed by atoms with Gasteiger partial charge in [0.05, 0.1) is 17.1 Å². The first-order valence-electron chi connectivity index (χ1n) is 8.70. The van der Waals surface area contributed by atoms with Gasteiger partial charge in [-0.3, -0.25) is 5.10 Å². The molecule has 3 heterocycles. The highest BCUT2D eigenvalue weighted by atomic mass is 32.2. The van der Waals surface area contributed by atoms with E-state index in [1.165, 1.54) is 18.1 Å². The number of aromatic nitrogens is 5. The van der Waals surface area contributed by atoms with Gasteiger partial charge in [-0.15, -0.1) is 0 Å². The third-order valence-electron chi connectivity index (χ3n) is 4.57. The minimum absolute atomic E-state index is 0.00345. The minimum atomic E-state index is -0.0390. The van der Waals surface area contributed by atoms with Crippen molar-refractivity contribution in [3.63, 3.8) is 0 Å². The summed E-state index contributed by atoms with van der Waals surface area (Å²) in [7, 11) is 0. The number of amides is 2. The summed E-state index contributed by atoms with van der Waals surface area (Å²) in [6.07, 6.45) is 3.39. The highest BCUT2D eigenvalue weighted by Crippen LogP contribution is 2.31. The number of imidazole rings is 1. The van der Waals surface area contributed by atoms with Gasteiger partial charge < -0.3 is 15.2 Å². The summed E-state index contributed by atoms with van der Waals surface area (Å²) in [4.78, 5) is 26.7. The molecule has 9 heteroatoms. The number of thioether (sulfide) groups is 1. The van der Waals surface area contributed by atoms with E-state index >= 15 is 0 Å². The average molecular weight is 371 g/mol. The van der Waals surface area contributed by atoms with Crippen molar-refractivity contribution >= 4 is 28.8 Å². The van der Waals surface area contributed by atoms with Crippen molar-refractivity contribution in [2.75, 3.05) is 18.8 Å². The summed E-state index contributed by atoms with van der Waals surface area (Å²) in [5.41, 5.74) is 3.15. The molecular formula is C17H21N7OS. The van der Waals surface area contributed by atoms with Gasteiger partial charge in [0.2, 0.25) is 0 Å². The molecule has 2 aromatic heterocycles. The number of carbonyl (C=O) groups excluding carboxylic acids is 1. The number of H-pyrrole nitrogens is 2. The summed E-state index contributed by atoms with van der Waals surface area (Å²) in [5, 5.41) is 10.4. The number of hydrogen-bond acceptors (Lipinski definition) is 5. The Hall–Kier alpha value is -2.55. The normalized spacial score (nSPS) is 17.1. The number of benzene rings is 1. The number of nitrogens with zero attached hydrogens (tertiary/aromatic N) is 4. The van der Waals surface area contributed by atoms with Gasteiger partial charge in [-0.05, 0) is 31.4 Å². The molecule has 8 nitrogen and oxygen atoms in total. The molecule has 136 valence electrons. The van der Waals surface area contributed by atoms with Crippen LogP contribution in [0.2, 0.25) is 0 Å². The topological polar surface area (TPSA) is 103 Å². The number of fused-ring (bicyclic) bond motifs is 1. The van der Waals surface area contributed by atoms with E-state index in [9.17, 15) is 4.79 Å².